The summed E-state index contributed by atoms with van der Waals surface area (Å²) in [5.41, 5.74) is 4.56. The zero-order valence-corrected chi connectivity index (χ0v) is 19.0. The minimum absolute atomic E-state index is 0.0264. The van der Waals surface area contributed by atoms with Crippen LogP contribution in [0, 0.1) is 0 Å². The van der Waals surface area contributed by atoms with E-state index in [4.69, 9.17) is 5.10 Å². The summed E-state index contributed by atoms with van der Waals surface area (Å²) in [6, 6.07) is 4.10. The summed E-state index contributed by atoms with van der Waals surface area (Å²) in [6.45, 7) is 12.3. The lowest BCUT2D eigenvalue weighted by Crippen LogP contribution is -2.34. The molecule has 3 aromatic heterocycles. The van der Waals surface area contributed by atoms with E-state index in [0.717, 1.165) is 49.2 Å². The second-order valence-corrected chi connectivity index (χ2v) is 9.56. The molecular formula is C23H33N7O. The number of nitrogens with one attached hydrogen (secondary N) is 2. The Labute approximate surface area is 183 Å². The molecule has 0 saturated carbocycles. The van der Waals surface area contributed by atoms with Gasteiger partial charge in [-0.2, -0.15) is 10.2 Å². The quantitative estimate of drug-likeness (QED) is 0.636. The molecule has 1 aliphatic heterocycles. The van der Waals surface area contributed by atoms with Crippen LogP contribution in [0.3, 0.4) is 0 Å². The van der Waals surface area contributed by atoms with Crippen LogP contribution in [0.1, 0.15) is 63.4 Å². The van der Waals surface area contributed by atoms with Gasteiger partial charge in [0.15, 0.2) is 5.65 Å². The van der Waals surface area contributed by atoms with Gasteiger partial charge in [-0.15, -0.1) is 0 Å². The SMILES string of the molecule is CC(=O)NCCn1nc([C@H]2CCCN(Cc3cn[nH]c3C(C)(C)C)C2)c2cccnc21. The first kappa shape index (κ1) is 21.5. The maximum Gasteiger partial charge on any atom is 0.216 e. The fourth-order valence-corrected chi connectivity index (χ4v) is 4.57. The van der Waals surface area contributed by atoms with E-state index < -0.39 is 0 Å². The van der Waals surface area contributed by atoms with Crippen molar-refractivity contribution in [2.75, 3.05) is 19.6 Å². The summed E-state index contributed by atoms with van der Waals surface area (Å²) < 4.78 is 1.94. The zero-order valence-electron chi connectivity index (χ0n) is 19.0. The highest BCUT2D eigenvalue weighted by molar-refractivity contribution is 5.79. The van der Waals surface area contributed by atoms with Crippen LogP contribution in [0.25, 0.3) is 11.0 Å². The number of carbonyl (C=O) groups is 1. The van der Waals surface area contributed by atoms with Crippen molar-refractivity contribution in [2.24, 2.45) is 0 Å². The third kappa shape index (κ3) is 4.79. The number of carbonyl (C=O) groups excluding carboxylic acids is 1. The van der Waals surface area contributed by atoms with Gasteiger partial charge in [-0.1, -0.05) is 20.8 Å². The van der Waals surface area contributed by atoms with Gasteiger partial charge in [0.25, 0.3) is 0 Å². The summed E-state index contributed by atoms with van der Waals surface area (Å²) in [7, 11) is 0. The van der Waals surface area contributed by atoms with Crippen LogP contribution < -0.4 is 5.32 Å². The topological polar surface area (TPSA) is 91.7 Å². The molecule has 1 saturated heterocycles. The fraction of sp³-hybridized carbons (Fsp3) is 0.565. The number of piperidine rings is 1. The zero-order chi connectivity index (χ0) is 22.0. The first-order valence-corrected chi connectivity index (χ1v) is 11.1. The number of nitrogens with zero attached hydrogens (tertiary/aromatic N) is 5. The molecule has 1 atom stereocenters. The highest BCUT2D eigenvalue weighted by atomic mass is 16.1. The fourth-order valence-electron chi connectivity index (χ4n) is 4.57. The van der Waals surface area contributed by atoms with Crippen LogP contribution in [-0.2, 0) is 23.3 Å². The third-order valence-corrected chi connectivity index (χ3v) is 5.99. The monoisotopic (exact) mass is 423 g/mol. The van der Waals surface area contributed by atoms with Crippen molar-refractivity contribution < 1.29 is 4.79 Å². The van der Waals surface area contributed by atoms with Gasteiger partial charge >= 0.3 is 0 Å². The van der Waals surface area contributed by atoms with E-state index in [1.54, 1.807) is 0 Å². The number of amides is 1. The standard InChI is InChI=1S/C23H33N7O/c1-16(31)24-10-12-30-22-19(8-5-9-25-22)20(28-30)17-7-6-11-29(14-17)15-18-13-26-27-21(18)23(2,3)4/h5,8-9,13,17H,6-7,10-12,14-15H2,1-4H3,(H,24,31)(H,26,27)/t17-/m0/s1. The van der Waals surface area contributed by atoms with Gasteiger partial charge in [0.1, 0.15) is 0 Å². The van der Waals surface area contributed by atoms with E-state index in [2.05, 4.69) is 52.2 Å². The molecule has 0 unspecified atom stereocenters. The molecule has 8 heteroatoms. The van der Waals surface area contributed by atoms with E-state index in [0.29, 0.717) is 19.0 Å². The molecule has 0 aromatic carbocycles. The van der Waals surface area contributed by atoms with Gasteiger partial charge in [0, 0.05) is 60.7 Å². The lowest BCUT2D eigenvalue weighted by Gasteiger charge is -2.32. The van der Waals surface area contributed by atoms with E-state index in [1.807, 2.05) is 23.1 Å². The van der Waals surface area contributed by atoms with Gasteiger partial charge in [0.2, 0.25) is 5.91 Å². The van der Waals surface area contributed by atoms with Crippen LogP contribution in [-0.4, -0.2) is 55.4 Å². The van der Waals surface area contributed by atoms with Crippen LogP contribution in [0.2, 0.25) is 0 Å². The number of hydrogen-bond acceptors (Lipinski definition) is 5. The van der Waals surface area contributed by atoms with Crippen LogP contribution in [0.4, 0.5) is 0 Å². The molecule has 1 aliphatic rings. The number of fused-ring (bicyclic) bond motifs is 1. The lowest BCUT2D eigenvalue weighted by molar-refractivity contribution is -0.118. The number of pyridine rings is 1. The number of aromatic nitrogens is 5. The maximum absolute atomic E-state index is 11.2. The van der Waals surface area contributed by atoms with E-state index in [9.17, 15) is 4.79 Å². The van der Waals surface area contributed by atoms with Crippen LogP contribution in [0.5, 0.6) is 0 Å². The maximum atomic E-state index is 11.2. The van der Waals surface area contributed by atoms with Crippen molar-refractivity contribution in [3.8, 4) is 0 Å². The third-order valence-electron chi connectivity index (χ3n) is 5.99. The average Bonchev–Trinajstić information content (AvgIpc) is 3.33. The Morgan fingerprint density at radius 1 is 1.35 bits per heavy atom. The highest BCUT2D eigenvalue weighted by Gasteiger charge is 2.28. The van der Waals surface area contributed by atoms with Crippen molar-refractivity contribution in [1.29, 1.82) is 0 Å². The first-order valence-electron chi connectivity index (χ1n) is 11.1. The predicted molar refractivity (Wildman–Crippen MR) is 121 cm³/mol. The smallest absolute Gasteiger partial charge is 0.216 e. The molecular weight excluding hydrogens is 390 g/mol. The summed E-state index contributed by atoms with van der Waals surface area (Å²) in [4.78, 5) is 18.3. The second kappa shape index (κ2) is 8.78. The molecule has 4 rings (SSSR count). The normalized spacial score (nSPS) is 17.9. The van der Waals surface area contributed by atoms with Gasteiger partial charge in [-0.3, -0.25) is 14.8 Å². The Bertz CT molecular complexity index is 1050. The summed E-state index contributed by atoms with van der Waals surface area (Å²) in [5.74, 6) is 0.342. The lowest BCUT2D eigenvalue weighted by atomic mass is 9.88. The van der Waals surface area contributed by atoms with Crippen LogP contribution >= 0.6 is 0 Å². The van der Waals surface area contributed by atoms with Crippen molar-refractivity contribution in [3.05, 3.63) is 41.5 Å². The summed E-state index contributed by atoms with van der Waals surface area (Å²) in [6.07, 6.45) is 6.05. The largest absolute Gasteiger partial charge is 0.354 e. The van der Waals surface area contributed by atoms with Crippen molar-refractivity contribution in [2.45, 2.75) is 65.0 Å². The van der Waals surface area contributed by atoms with Gasteiger partial charge in [0.05, 0.1) is 18.4 Å². The highest BCUT2D eigenvalue weighted by Crippen LogP contribution is 2.32. The van der Waals surface area contributed by atoms with Gasteiger partial charge < -0.3 is 5.32 Å². The Morgan fingerprint density at radius 3 is 2.97 bits per heavy atom. The molecule has 8 nitrogen and oxygen atoms in total. The number of hydrogen-bond donors (Lipinski definition) is 2. The molecule has 3 aromatic rings. The first-order chi connectivity index (χ1) is 14.8. The molecule has 0 bridgehead atoms. The Kier molecular flexibility index (Phi) is 6.09. The Balaban J connectivity index is 1.53. The average molecular weight is 424 g/mol. The number of H-pyrrole nitrogens is 1. The van der Waals surface area contributed by atoms with Gasteiger partial charge in [-0.25, -0.2) is 9.67 Å². The molecule has 1 amide bonds. The van der Waals surface area contributed by atoms with E-state index >= 15 is 0 Å². The summed E-state index contributed by atoms with van der Waals surface area (Å²) >= 11 is 0. The molecule has 2 N–H and O–H groups in total. The molecule has 0 aliphatic carbocycles. The minimum atomic E-state index is -0.0264. The van der Waals surface area contributed by atoms with E-state index in [-0.39, 0.29) is 11.3 Å². The molecule has 31 heavy (non-hydrogen) atoms. The van der Waals surface area contributed by atoms with Crippen molar-refractivity contribution in [3.63, 3.8) is 0 Å². The summed E-state index contributed by atoms with van der Waals surface area (Å²) in [5, 5.41) is 16.4. The molecule has 1 fully saturated rings. The second-order valence-electron chi connectivity index (χ2n) is 9.56. The molecule has 0 radical (unpaired) electrons. The predicted octanol–water partition coefficient (Wildman–Crippen LogP) is 2.97. The molecule has 166 valence electrons. The van der Waals surface area contributed by atoms with Crippen molar-refractivity contribution >= 4 is 16.9 Å². The molecule has 4 heterocycles. The number of rotatable bonds is 6. The van der Waals surface area contributed by atoms with E-state index in [1.165, 1.54) is 18.2 Å². The Morgan fingerprint density at radius 2 is 2.19 bits per heavy atom. The molecule has 0 spiro atoms. The van der Waals surface area contributed by atoms with Crippen molar-refractivity contribution in [1.82, 2.24) is 35.2 Å². The number of aromatic amines is 1. The van der Waals surface area contributed by atoms with Crippen LogP contribution in [0.15, 0.2) is 24.5 Å². The van der Waals surface area contributed by atoms with Gasteiger partial charge in [-0.05, 0) is 31.5 Å². The Hall–Kier alpha value is -2.74. The number of likely N-dealkylation sites (tertiary alicyclic amines) is 1. The minimum Gasteiger partial charge on any atom is -0.354 e.